The minimum Gasteiger partial charge on any atom is -0.466 e. The molecule has 0 radical (unpaired) electrons. The van der Waals surface area contributed by atoms with Gasteiger partial charge in [-0.2, -0.15) is 0 Å². The number of likely N-dealkylation sites (tertiary alicyclic amines) is 1. The van der Waals surface area contributed by atoms with Crippen molar-refractivity contribution in [3.8, 4) is 0 Å². The van der Waals surface area contributed by atoms with Crippen LogP contribution in [0.2, 0.25) is 0 Å². The van der Waals surface area contributed by atoms with Gasteiger partial charge in [-0.25, -0.2) is 9.97 Å². The van der Waals surface area contributed by atoms with E-state index in [1.54, 1.807) is 31.3 Å². The number of fused-ring (bicyclic) bond motifs is 2. The van der Waals surface area contributed by atoms with Crippen LogP contribution in [0.1, 0.15) is 25.3 Å². The predicted octanol–water partition coefficient (Wildman–Crippen LogP) is 3.46. The molecule has 1 aromatic heterocycles. The first-order valence-corrected chi connectivity index (χ1v) is 10.8. The number of hydrogen-bond donors (Lipinski definition) is 0. The van der Waals surface area contributed by atoms with Crippen molar-refractivity contribution in [3.63, 3.8) is 0 Å². The van der Waals surface area contributed by atoms with Crippen molar-refractivity contribution in [1.29, 1.82) is 0 Å². The summed E-state index contributed by atoms with van der Waals surface area (Å²) >= 11 is 1.63. The molecule has 2 aliphatic rings. The number of nitrogens with zero attached hydrogens (tertiary/aromatic N) is 4. The van der Waals surface area contributed by atoms with Gasteiger partial charge in [0.05, 0.1) is 18.2 Å². The van der Waals surface area contributed by atoms with Gasteiger partial charge >= 0.3 is 5.97 Å². The zero-order valence-electron chi connectivity index (χ0n) is 16.8. The van der Waals surface area contributed by atoms with Gasteiger partial charge in [-0.15, -0.1) is 0 Å². The van der Waals surface area contributed by atoms with Gasteiger partial charge in [0.1, 0.15) is 11.8 Å². The third kappa shape index (κ3) is 4.39. The van der Waals surface area contributed by atoms with Gasteiger partial charge < -0.3 is 9.47 Å². The molecule has 2 aliphatic heterocycles. The zero-order valence-corrected chi connectivity index (χ0v) is 17.7. The van der Waals surface area contributed by atoms with Crippen LogP contribution in [-0.4, -0.2) is 54.4 Å². The van der Waals surface area contributed by atoms with E-state index in [2.05, 4.69) is 38.0 Å². The third-order valence-corrected chi connectivity index (χ3v) is 6.26. The second-order valence-corrected chi connectivity index (χ2v) is 8.29. The molecule has 7 nitrogen and oxygen atoms in total. The van der Waals surface area contributed by atoms with Crippen LogP contribution in [-0.2, 0) is 20.8 Å². The van der Waals surface area contributed by atoms with E-state index >= 15 is 0 Å². The Labute approximate surface area is 175 Å². The number of benzene rings is 1. The smallest absolute Gasteiger partial charge is 0.310 e. The van der Waals surface area contributed by atoms with E-state index in [9.17, 15) is 4.79 Å². The molecule has 1 unspecified atom stereocenters. The Morgan fingerprint density at radius 1 is 1.31 bits per heavy atom. The maximum atomic E-state index is 12.1. The lowest BCUT2D eigenvalue weighted by Gasteiger charge is -2.33. The normalized spacial score (nSPS) is 18.8. The highest BCUT2D eigenvalue weighted by molar-refractivity contribution is 7.99. The number of anilines is 2. The molecule has 0 amide bonds. The standard InChI is InChI=1S/C21H26N4O3S/c1-3-28-21(26)16-5-4-10-24(13-16)12-15-6-7-18-17(11-15)25(14-27-2)19-20(29-18)23-9-8-22-19/h6-9,11,16H,3-5,10,12-14H2,1-2H3. The molecule has 0 bridgehead atoms. The Morgan fingerprint density at radius 3 is 3.00 bits per heavy atom. The molecule has 1 saturated heterocycles. The van der Waals surface area contributed by atoms with Crippen molar-refractivity contribution >= 4 is 29.2 Å². The van der Waals surface area contributed by atoms with Crippen LogP contribution in [0.5, 0.6) is 0 Å². The number of aromatic nitrogens is 2. The van der Waals surface area contributed by atoms with Gasteiger partial charge in [0, 0.05) is 37.5 Å². The largest absolute Gasteiger partial charge is 0.466 e. The summed E-state index contributed by atoms with van der Waals surface area (Å²) in [6.45, 7) is 5.27. The summed E-state index contributed by atoms with van der Waals surface area (Å²) in [6, 6.07) is 6.50. The number of esters is 1. The number of ether oxygens (including phenoxy) is 2. The fraction of sp³-hybridized carbons (Fsp3) is 0.476. The highest BCUT2D eigenvalue weighted by Gasteiger charge is 2.28. The van der Waals surface area contributed by atoms with Crippen molar-refractivity contribution in [2.45, 2.75) is 36.2 Å². The van der Waals surface area contributed by atoms with Gasteiger partial charge in [-0.05, 0) is 44.0 Å². The topological polar surface area (TPSA) is 67.8 Å². The molecule has 29 heavy (non-hydrogen) atoms. The van der Waals surface area contributed by atoms with E-state index in [0.717, 1.165) is 53.9 Å². The van der Waals surface area contributed by atoms with Crippen molar-refractivity contribution in [2.75, 3.05) is 38.4 Å². The molecule has 0 saturated carbocycles. The molecule has 3 heterocycles. The number of piperidine rings is 1. The van der Waals surface area contributed by atoms with Crippen LogP contribution in [0, 0.1) is 5.92 Å². The molecular formula is C21H26N4O3S. The Kier molecular flexibility index (Phi) is 6.32. The number of hydrogen-bond acceptors (Lipinski definition) is 8. The van der Waals surface area contributed by atoms with E-state index in [4.69, 9.17) is 9.47 Å². The Hall–Kier alpha value is -2.16. The number of carbonyl (C=O) groups excluding carboxylic acids is 1. The van der Waals surface area contributed by atoms with Crippen molar-refractivity contribution in [1.82, 2.24) is 14.9 Å². The summed E-state index contributed by atoms with van der Waals surface area (Å²) in [5.41, 5.74) is 2.30. The number of rotatable bonds is 6. The zero-order chi connectivity index (χ0) is 20.2. The van der Waals surface area contributed by atoms with Crippen molar-refractivity contribution in [2.24, 2.45) is 5.92 Å². The fourth-order valence-corrected chi connectivity index (χ4v) is 4.91. The van der Waals surface area contributed by atoms with E-state index in [1.807, 2.05) is 6.92 Å². The van der Waals surface area contributed by atoms with Gasteiger partial charge in [-0.1, -0.05) is 17.8 Å². The third-order valence-electron chi connectivity index (χ3n) is 5.21. The number of carbonyl (C=O) groups is 1. The van der Waals surface area contributed by atoms with Gasteiger partial charge in [0.25, 0.3) is 0 Å². The summed E-state index contributed by atoms with van der Waals surface area (Å²) in [6.07, 6.45) is 5.35. The highest BCUT2D eigenvalue weighted by atomic mass is 32.2. The Bertz CT molecular complexity index is 879. The van der Waals surface area contributed by atoms with E-state index in [1.165, 1.54) is 5.56 Å². The SMILES string of the molecule is CCOC(=O)C1CCCN(Cc2ccc3c(c2)N(COC)c2nccnc2S3)C1. The van der Waals surface area contributed by atoms with Crippen LogP contribution >= 0.6 is 11.8 Å². The molecule has 8 heteroatoms. The average molecular weight is 415 g/mol. The maximum Gasteiger partial charge on any atom is 0.310 e. The molecule has 154 valence electrons. The van der Waals surface area contributed by atoms with Crippen LogP contribution in [0.3, 0.4) is 0 Å². The summed E-state index contributed by atoms with van der Waals surface area (Å²) in [5, 5.41) is 0.887. The number of methoxy groups -OCH3 is 1. The van der Waals surface area contributed by atoms with Crippen molar-refractivity contribution in [3.05, 3.63) is 36.2 Å². The summed E-state index contributed by atoms with van der Waals surface area (Å²) < 4.78 is 10.7. The lowest BCUT2D eigenvalue weighted by Crippen LogP contribution is -2.39. The first-order valence-electron chi connectivity index (χ1n) is 9.97. The molecule has 1 aromatic carbocycles. The van der Waals surface area contributed by atoms with Gasteiger partial charge in [-0.3, -0.25) is 14.6 Å². The molecule has 1 fully saturated rings. The van der Waals surface area contributed by atoms with Crippen LogP contribution in [0.15, 0.2) is 40.5 Å². The second kappa shape index (κ2) is 9.11. The minimum atomic E-state index is -0.0690. The van der Waals surface area contributed by atoms with Crippen LogP contribution in [0.25, 0.3) is 0 Å². The molecule has 1 atom stereocenters. The van der Waals surface area contributed by atoms with E-state index in [0.29, 0.717) is 13.3 Å². The van der Waals surface area contributed by atoms with E-state index < -0.39 is 0 Å². The first kappa shape index (κ1) is 20.1. The highest BCUT2D eigenvalue weighted by Crippen LogP contribution is 2.46. The summed E-state index contributed by atoms with van der Waals surface area (Å²) in [7, 11) is 1.69. The summed E-state index contributed by atoms with van der Waals surface area (Å²) in [5.74, 6) is 0.730. The Balaban J connectivity index is 1.52. The minimum absolute atomic E-state index is 0.0241. The van der Waals surface area contributed by atoms with Crippen LogP contribution < -0.4 is 4.90 Å². The van der Waals surface area contributed by atoms with Crippen LogP contribution in [0.4, 0.5) is 11.5 Å². The van der Waals surface area contributed by atoms with Gasteiger partial charge in [0.2, 0.25) is 0 Å². The molecule has 4 rings (SSSR count). The monoisotopic (exact) mass is 414 g/mol. The molecule has 2 aromatic rings. The molecule has 0 aliphatic carbocycles. The van der Waals surface area contributed by atoms with E-state index in [-0.39, 0.29) is 11.9 Å². The van der Waals surface area contributed by atoms with Crippen molar-refractivity contribution < 1.29 is 14.3 Å². The van der Waals surface area contributed by atoms with Gasteiger partial charge in [0.15, 0.2) is 5.82 Å². The summed E-state index contributed by atoms with van der Waals surface area (Å²) in [4.78, 5) is 26.7. The molecule has 0 N–H and O–H groups in total. The second-order valence-electron chi connectivity index (χ2n) is 7.26. The lowest BCUT2D eigenvalue weighted by atomic mass is 9.97. The molecular weight excluding hydrogens is 388 g/mol. The fourth-order valence-electron chi connectivity index (χ4n) is 3.92. The lowest BCUT2D eigenvalue weighted by molar-refractivity contribution is -0.150. The Morgan fingerprint density at radius 2 is 2.17 bits per heavy atom. The average Bonchev–Trinajstić information content (AvgIpc) is 2.74. The molecule has 0 spiro atoms. The quantitative estimate of drug-likeness (QED) is 0.666. The maximum absolute atomic E-state index is 12.1. The predicted molar refractivity (Wildman–Crippen MR) is 111 cm³/mol. The first-order chi connectivity index (χ1) is 14.2.